The highest BCUT2D eigenvalue weighted by molar-refractivity contribution is 5.34. The molecule has 66 valence electrons. The second-order valence-electron chi connectivity index (χ2n) is 2.41. The first-order chi connectivity index (χ1) is 5.66. The fraction of sp³-hybridized carbons (Fsp3) is 0.250. The lowest BCUT2D eigenvalue weighted by atomic mass is 10.1. The molecule has 0 saturated carbocycles. The standard InChI is InChI=1S/C8H9F2NO/c9-6-2-1-5(3-4-11)8(12)7(6)10/h1-2,12H,3-4,11H2. The van der Waals surface area contributed by atoms with Gasteiger partial charge in [-0.2, -0.15) is 4.39 Å². The zero-order chi connectivity index (χ0) is 9.14. The maximum absolute atomic E-state index is 12.6. The van der Waals surface area contributed by atoms with Gasteiger partial charge >= 0.3 is 0 Å². The third kappa shape index (κ3) is 1.53. The van der Waals surface area contributed by atoms with Crippen LogP contribution in [0.1, 0.15) is 5.56 Å². The van der Waals surface area contributed by atoms with Crippen LogP contribution in [0.5, 0.6) is 5.75 Å². The van der Waals surface area contributed by atoms with Gasteiger partial charge in [-0.3, -0.25) is 0 Å². The summed E-state index contributed by atoms with van der Waals surface area (Å²) >= 11 is 0. The number of phenols is 1. The molecule has 4 heteroatoms. The summed E-state index contributed by atoms with van der Waals surface area (Å²) in [6.07, 6.45) is 0.336. The van der Waals surface area contributed by atoms with Crippen molar-refractivity contribution < 1.29 is 13.9 Å². The minimum absolute atomic E-state index is 0.290. The lowest BCUT2D eigenvalue weighted by molar-refractivity contribution is 0.401. The topological polar surface area (TPSA) is 46.2 Å². The average Bonchev–Trinajstić information content (AvgIpc) is 2.07. The Hall–Kier alpha value is -1.16. The van der Waals surface area contributed by atoms with E-state index < -0.39 is 17.4 Å². The van der Waals surface area contributed by atoms with Crippen molar-refractivity contribution in [1.29, 1.82) is 0 Å². The number of aromatic hydroxyl groups is 1. The molecule has 0 aliphatic carbocycles. The second-order valence-corrected chi connectivity index (χ2v) is 2.41. The molecule has 0 unspecified atom stereocenters. The number of benzene rings is 1. The van der Waals surface area contributed by atoms with Gasteiger partial charge < -0.3 is 10.8 Å². The number of hydrogen-bond acceptors (Lipinski definition) is 2. The van der Waals surface area contributed by atoms with E-state index >= 15 is 0 Å². The Kier molecular flexibility index (Phi) is 2.60. The Balaban J connectivity index is 3.08. The monoisotopic (exact) mass is 173 g/mol. The van der Waals surface area contributed by atoms with Crippen LogP contribution in [-0.2, 0) is 6.42 Å². The molecule has 0 spiro atoms. The zero-order valence-electron chi connectivity index (χ0n) is 6.35. The Bertz CT molecular complexity index is 289. The molecular formula is C8H9F2NO. The Morgan fingerprint density at radius 1 is 1.33 bits per heavy atom. The van der Waals surface area contributed by atoms with Crippen LogP contribution in [0.25, 0.3) is 0 Å². The minimum Gasteiger partial charge on any atom is -0.505 e. The highest BCUT2D eigenvalue weighted by Crippen LogP contribution is 2.23. The largest absolute Gasteiger partial charge is 0.505 e. The number of rotatable bonds is 2. The number of halogens is 2. The summed E-state index contributed by atoms with van der Waals surface area (Å²) < 4.78 is 25.1. The molecule has 0 aliphatic heterocycles. The summed E-state index contributed by atoms with van der Waals surface area (Å²) in [5.74, 6) is -2.89. The van der Waals surface area contributed by atoms with Crippen LogP contribution in [0.15, 0.2) is 12.1 Å². The van der Waals surface area contributed by atoms with E-state index in [1.807, 2.05) is 0 Å². The van der Waals surface area contributed by atoms with Crippen LogP contribution in [0.4, 0.5) is 8.78 Å². The lowest BCUT2D eigenvalue weighted by Crippen LogP contribution is -2.03. The molecule has 0 radical (unpaired) electrons. The van der Waals surface area contributed by atoms with Crippen LogP contribution in [0.2, 0.25) is 0 Å². The normalized spacial score (nSPS) is 10.2. The SMILES string of the molecule is NCCc1ccc(F)c(F)c1O. The van der Waals surface area contributed by atoms with Crippen molar-refractivity contribution in [2.24, 2.45) is 5.73 Å². The summed E-state index contributed by atoms with van der Waals surface area (Å²) in [5, 5.41) is 9.04. The van der Waals surface area contributed by atoms with Crippen LogP contribution in [0, 0.1) is 11.6 Å². The molecule has 0 aromatic heterocycles. The fourth-order valence-electron chi connectivity index (χ4n) is 0.937. The molecule has 0 atom stereocenters. The zero-order valence-corrected chi connectivity index (χ0v) is 6.35. The Morgan fingerprint density at radius 3 is 2.58 bits per heavy atom. The van der Waals surface area contributed by atoms with Gasteiger partial charge in [-0.05, 0) is 24.6 Å². The molecular weight excluding hydrogens is 164 g/mol. The first kappa shape index (κ1) is 8.93. The van der Waals surface area contributed by atoms with Gasteiger partial charge in [-0.25, -0.2) is 4.39 Å². The van der Waals surface area contributed by atoms with E-state index in [1.165, 1.54) is 6.07 Å². The molecule has 1 aromatic carbocycles. The quantitative estimate of drug-likeness (QED) is 0.705. The molecule has 3 N–H and O–H groups in total. The summed E-state index contributed by atoms with van der Waals surface area (Å²) in [6, 6.07) is 2.29. The third-order valence-electron chi connectivity index (χ3n) is 1.57. The highest BCUT2D eigenvalue weighted by atomic mass is 19.2. The first-order valence-electron chi connectivity index (χ1n) is 3.52. The van der Waals surface area contributed by atoms with E-state index in [9.17, 15) is 8.78 Å². The highest BCUT2D eigenvalue weighted by Gasteiger charge is 2.10. The van der Waals surface area contributed by atoms with Crippen LogP contribution < -0.4 is 5.73 Å². The van der Waals surface area contributed by atoms with E-state index in [-0.39, 0.29) is 0 Å². The molecule has 1 aromatic rings. The fourth-order valence-corrected chi connectivity index (χ4v) is 0.937. The van der Waals surface area contributed by atoms with Crippen molar-refractivity contribution in [2.75, 3.05) is 6.54 Å². The predicted octanol–water partition coefficient (Wildman–Crippen LogP) is 1.17. The number of nitrogens with two attached hydrogens (primary N) is 1. The van der Waals surface area contributed by atoms with Crippen molar-refractivity contribution in [3.05, 3.63) is 29.3 Å². The smallest absolute Gasteiger partial charge is 0.200 e. The molecule has 0 amide bonds. The van der Waals surface area contributed by atoms with Gasteiger partial charge in [0.05, 0.1) is 0 Å². The molecule has 12 heavy (non-hydrogen) atoms. The van der Waals surface area contributed by atoms with Crippen LogP contribution >= 0.6 is 0 Å². The lowest BCUT2D eigenvalue weighted by Gasteiger charge is -2.03. The number of phenolic OH excluding ortho intramolecular Hbond substituents is 1. The van der Waals surface area contributed by atoms with E-state index in [0.29, 0.717) is 18.5 Å². The Morgan fingerprint density at radius 2 is 2.00 bits per heavy atom. The summed E-state index contributed by atoms with van der Waals surface area (Å²) in [4.78, 5) is 0. The van der Waals surface area contributed by atoms with E-state index in [2.05, 4.69) is 0 Å². The molecule has 2 nitrogen and oxygen atoms in total. The second kappa shape index (κ2) is 3.49. The van der Waals surface area contributed by atoms with Crippen molar-refractivity contribution in [2.45, 2.75) is 6.42 Å². The summed E-state index contributed by atoms with van der Waals surface area (Å²) in [5.41, 5.74) is 5.52. The molecule has 0 bridgehead atoms. The van der Waals surface area contributed by atoms with Gasteiger partial charge in [0, 0.05) is 0 Å². The number of hydrogen-bond donors (Lipinski definition) is 2. The van der Waals surface area contributed by atoms with Crippen LogP contribution in [0.3, 0.4) is 0 Å². The van der Waals surface area contributed by atoms with Gasteiger partial charge in [0.1, 0.15) is 0 Å². The summed E-state index contributed by atoms with van der Waals surface area (Å²) in [7, 11) is 0. The van der Waals surface area contributed by atoms with Crippen molar-refractivity contribution in [3.8, 4) is 5.75 Å². The van der Waals surface area contributed by atoms with E-state index in [0.717, 1.165) is 6.07 Å². The van der Waals surface area contributed by atoms with E-state index in [1.54, 1.807) is 0 Å². The van der Waals surface area contributed by atoms with E-state index in [4.69, 9.17) is 10.8 Å². The maximum Gasteiger partial charge on any atom is 0.200 e. The van der Waals surface area contributed by atoms with Crippen molar-refractivity contribution in [3.63, 3.8) is 0 Å². The maximum atomic E-state index is 12.6. The molecule has 0 fully saturated rings. The van der Waals surface area contributed by atoms with Gasteiger partial charge in [-0.15, -0.1) is 0 Å². The molecule has 1 rings (SSSR count). The minimum atomic E-state index is -1.21. The predicted molar refractivity (Wildman–Crippen MR) is 40.8 cm³/mol. The van der Waals surface area contributed by atoms with Gasteiger partial charge in [0.15, 0.2) is 11.6 Å². The van der Waals surface area contributed by atoms with Crippen molar-refractivity contribution >= 4 is 0 Å². The Labute approximate surface area is 68.6 Å². The first-order valence-corrected chi connectivity index (χ1v) is 3.52. The average molecular weight is 173 g/mol. The molecule has 0 saturated heterocycles. The molecule has 0 heterocycles. The van der Waals surface area contributed by atoms with Crippen LogP contribution in [-0.4, -0.2) is 11.7 Å². The van der Waals surface area contributed by atoms with Crippen molar-refractivity contribution in [1.82, 2.24) is 0 Å². The summed E-state index contributed by atoms with van der Waals surface area (Å²) in [6.45, 7) is 0.290. The van der Waals surface area contributed by atoms with Gasteiger partial charge in [-0.1, -0.05) is 6.07 Å². The van der Waals surface area contributed by atoms with Gasteiger partial charge in [0.25, 0.3) is 0 Å². The third-order valence-corrected chi connectivity index (χ3v) is 1.57. The molecule has 0 aliphatic rings. The van der Waals surface area contributed by atoms with Gasteiger partial charge in [0.2, 0.25) is 5.82 Å².